The zero-order valence-electron chi connectivity index (χ0n) is 13.2. The zero-order chi connectivity index (χ0) is 18.0. The summed E-state index contributed by atoms with van der Waals surface area (Å²) in [6, 6.07) is 11.4. The lowest BCUT2D eigenvalue weighted by molar-refractivity contribution is 0.0793. The number of sulfonamides is 1. The van der Waals surface area contributed by atoms with Crippen LogP contribution in [0.1, 0.15) is 23.2 Å². The Labute approximate surface area is 163 Å². The van der Waals surface area contributed by atoms with E-state index in [2.05, 4.69) is 36.6 Å². The summed E-state index contributed by atoms with van der Waals surface area (Å²) in [7, 11) is -3.74. The normalized spacial score (nSPS) is 14.6. The monoisotopic (exact) mass is 486 g/mol. The van der Waals surface area contributed by atoms with Gasteiger partial charge in [0.15, 0.2) is 0 Å². The first kappa shape index (κ1) is 18.4. The summed E-state index contributed by atoms with van der Waals surface area (Å²) in [5.41, 5.74) is 0.971. The highest BCUT2D eigenvalue weighted by Crippen LogP contribution is 2.27. The van der Waals surface area contributed by atoms with Gasteiger partial charge in [-0.2, -0.15) is 0 Å². The molecule has 1 amide bonds. The van der Waals surface area contributed by atoms with E-state index in [0.29, 0.717) is 20.2 Å². The third-order valence-corrected chi connectivity index (χ3v) is 6.83. The van der Waals surface area contributed by atoms with Gasteiger partial charge in [-0.1, -0.05) is 15.9 Å². The summed E-state index contributed by atoms with van der Waals surface area (Å²) < 4.78 is 28.8. The predicted octanol–water partition coefficient (Wildman–Crippen LogP) is 4.25. The average Bonchev–Trinajstić information content (AvgIpc) is 3.11. The van der Waals surface area contributed by atoms with Crippen LogP contribution in [-0.2, 0) is 10.0 Å². The highest BCUT2D eigenvalue weighted by molar-refractivity contribution is 9.11. The molecule has 0 saturated carbocycles. The minimum Gasteiger partial charge on any atom is -0.339 e. The predicted molar refractivity (Wildman–Crippen MR) is 104 cm³/mol. The second-order valence-corrected chi connectivity index (χ2v) is 9.18. The number of hydrogen-bond donors (Lipinski definition) is 1. The van der Waals surface area contributed by atoms with Crippen LogP contribution >= 0.6 is 31.9 Å². The van der Waals surface area contributed by atoms with Crippen LogP contribution in [0.4, 0.5) is 5.69 Å². The number of halogens is 2. The van der Waals surface area contributed by atoms with Gasteiger partial charge in [-0.05, 0) is 71.2 Å². The first-order valence-corrected chi connectivity index (χ1v) is 10.8. The van der Waals surface area contributed by atoms with Gasteiger partial charge < -0.3 is 4.90 Å². The van der Waals surface area contributed by atoms with Gasteiger partial charge >= 0.3 is 0 Å². The van der Waals surface area contributed by atoms with Crippen molar-refractivity contribution in [1.29, 1.82) is 0 Å². The average molecular weight is 488 g/mol. The minimum absolute atomic E-state index is 0.0124. The van der Waals surface area contributed by atoms with Crippen molar-refractivity contribution in [2.45, 2.75) is 17.7 Å². The molecule has 2 aromatic rings. The molecule has 1 aliphatic rings. The van der Waals surface area contributed by atoms with Crippen molar-refractivity contribution in [2.24, 2.45) is 0 Å². The Morgan fingerprint density at radius 1 is 1.00 bits per heavy atom. The van der Waals surface area contributed by atoms with Crippen molar-refractivity contribution >= 4 is 53.5 Å². The molecule has 5 nitrogen and oxygen atoms in total. The van der Waals surface area contributed by atoms with E-state index >= 15 is 0 Å². The fourth-order valence-electron chi connectivity index (χ4n) is 2.68. The molecule has 0 unspecified atom stereocenters. The number of carbonyl (C=O) groups is 1. The third-order valence-electron chi connectivity index (χ3n) is 3.96. The highest BCUT2D eigenvalue weighted by atomic mass is 79.9. The molecule has 25 heavy (non-hydrogen) atoms. The number of hydrogen-bond acceptors (Lipinski definition) is 3. The smallest absolute Gasteiger partial charge is 0.263 e. The van der Waals surface area contributed by atoms with E-state index in [-0.39, 0.29) is 10.8 Å². The van der Waals surface area contributed by atoms with Crippen LogP contribution in [-0.4, -0.2) is 32.3 Å². The van der Waals surface area contributed by atoms with E-state index in [4.69, 9.17) is 0 Å². The van der Waals surface area contributed by atoms with Crippen molar-refractivity contribution in [3.63, 3.8) is 0 Å². The van der Waals surface area contributed by atoms with Crippen molar-refractivity contribution in [2.75, 3.05) is 17.8 Å². The van der Waals surface area contributed by atoms with Gasteiger partial charge in [-0.25, -0.2) is 8.42 Å². The summed E-state index contributed by atoms with van der Waals surface area (Å²) in [6.45, 7) is 1.56. The maximum absolute atomic E-state index is 12.6. The van der Waals surface area contributed by atoms with Crippen molar-refractivity contribution in [3.8, 4) is 0 Å². The van der Waals surface area contributed by atoms with Crippen molar-refractivity contribution < 1.29 is 13.2 Å². The van der Waals surface area contributed by atoms with Crippen LogP contribution in [0.5, 0.6) is 0 Å². The van der Waals surface area contributed by atoms with Gasteiger partial charge in [0.25, 0.3) is 15.9 Å². The fraction of sp³-hybridized carbons (Fsp3) is 0.235. The van der Waals surface area contributed by atoms with Crippen molar-refractivity contribution in [1.82, 2.24) is 4.90 Å². The summed E-state index contributed by atoms with van der Waals surface area (Å²) in [5.74, 6) is -0.0124. The Morgan fingerprint density at radius 2 is 1.64 bits per heavy atom. The number of likely N-dealkylation sites (tertiary alicyclic amines) is 1. The van der Waals surface area contributed by atoms with Crippen LogP contribution in [0, 0.1) is 0 Å². The molecule has 8 heteroatoms. The minimum atomic E-state index is -3.74. The van der Waals surface area contributed by atoms with Gasteiger partial charge in [-0.3, -0.25) is 9.52 Å². The molecule has 3 rings (SSSR count). The number of anilines is 1. The number of benzene rings is 2. The van der Waals surface area contributed by atoms with Crippen LogP contribution in [0.15, 0.2) is 56.3 Å². The number of nitrogens with one attached hydrogen (secondary N) is 1. The second kappa shape index (κ2) is 7.47. The van der Waals surface area contributed by atoms with Crippen LogP contribution in [0.25, 0.3) is 0 Å². The summed E-state index contributed by atoms with van der Waals surface area (Å²) in [6.07, 6.45) is 2.07. The molecule has 0 spiro atoms. The molecule has 2 aromatic carbocycles. The molecule has 0 radical (unpaired) electrons. The van der Waals surface area contributed by atoms with E-state index in [0.717, 1.165) is 25.9 Å². The maximum atomic E-state index is 12.6. The van der Waals surface area contributed by atoms with E-state index in [1.54, 1.807) is 36.4 Å². The summed E-state index contributed by atoms with van der Waals surface area (Å²) in [5, 5.41) is 0. The quantitative estimate of drug-likeness (QED) is 0.701. The van der Waals surface area contributed by atoms with Crippen LogP contribution in [0.2, 0.25) is 0 Å². The Morgan fingerprint density at radius 3 is 2.28 bits per heavy atom. The SMILES string of the molecule is O=C(c1ccc(NS(=O)(=O)c2cc(Br)ccc2Br)cc1)N1CCCC1. The van der Waals surface area contributed by atoms with Gasteiger partial charge in [0.1, 0.15) is 4.90 Å². The molecule has 1 fully saturated rings. The van der Waals surface area contributed by atoms with Crippen LogP contribution in [0.3, 0.4) is 0 Å². The molecule has 0 aromatic heterocycles. The Balaban J connectivity index is 1.78. The number of carbonyl (C=O) groups excluding carboxylic acids is 1. The Bertz CT molecular complexity index is 893. The molecule has 1 N–H and O–H groups in total. The number of rotatable bonds is 4. The molecular weight excluding hydrogens is 472 g/mol. The largest absolute Gasteiger partial charge is 0.339 e. The Hall–Kier alpha value is -1.38. The maximum Gasteiger partial charge on any atom is 0.263 e. The van der Waals surface area contributed by atoms with Crippen molar-refractivity contribution in [3.05, 3.63) is 57.0 Å². The highest BCUT2D eigenvalue weighted by Gasteiger charge is 2.21. The molecule has 132 valence electrons. The van der Waals surface area contributed by atoms with Gasteiger partial charge in [0.2, 0.25) is 0 Å². The molecule has 0 bridgehead atoms. The zero-order valence-corrected chi connectivity index (χ0v) is 17.2. The van der Waals surface area contributed by atoms with E-state index < -0.39 is 10.0 Å². The molecule has 1 saturated heterocycles. The van der Waals surface area contributed by atoms with Gasteiger partial charge in [0, 0.05) is 33.3 Å². The summed E-state index contributed by atoms with van der Waals surface area (Å²) in [4.78, 5) is 14.3. The first-order valence-electron chi connectivity index (χ1n) is 7.74. The van der Waals surface area contributed by atoms with Gasteiger partial charge in [0.05, 0.1) is 0 Å². The first-order chi connectivity index (χ1) is 11.9. The third kappa shape index (κ3) is 4.24. The van der Waals surface area contributed by atoms with E-state index in [1.165, 1.54) is 6.07 Å². The standard InChI is InChI=1S/C17H16Br2N2O3S/c18-13-5-8-15(19)16(11-13)25(23,24)20-14-6-3-12(4-7-14)17(22)21-9-1-2-10-21/h3-8,11,20H,1-2,9-10H2. The second-order valence-electron chi connectivity index (χ2n) is 5.76. The molecular formula is C17H16Br2N2O3S. The molecule has 0 atom stereocenters. The lowest BCUT2D eigenvalue weighted by Gasteiger charge is -2.15. The Kier molecular flexibility index (Phi) is 5.50. The molecule has 1 heterocycles. The number of nitrogens with zero attached hydrogens (tertiary/aromatic N) is 1. The van der Waals surface area contributed by atoms with E-state index in [9.17, 15) is 13.2 Å². The number of amides is 1. The fourth-order valence-corrected chi connectivity index (χ4v) is 5.24. The van der Waals surface area contributed by atoms with E-state index in [1.807, 2.05) is 4.90 Å². The van der Waals surface area contributed by atoms with Crippen LogP contribution < -0.4 is 4.72 Å². The molecule has 1 aliphatic heterocycles. The molecule has 0 aliphatic carbocycles. The topological polar surface area (TPSA) is 66.5 Å². The summed E-state index contributed by atoms with van der Waals surface area (Å²) >= 11 is 6.53. The lowest BCUT2D eigenvalue weighted by Crippen LogP contribution is -2.27. The lowest BCUT2D eigenvalue weighted by atomic mass is 10.2. The van der Waals surface area contributed by atoms with Gasteiger partial charge in [-0.15, -0.1) is 0 Å².